The van der Waals surface area contributed by atoms with Crippen LogP contribution in [0.25, 0.3) is 0 Å². The van der Waals surface area contributed by atoms with Gasteiger partial charge >= 0.3 is 0 Å². The summed E-state index contributed by atoms with van der Waals surface area (Å²) in [5, 5.41) is 0. The van der Waals surface area contributed by atoms with Crippen molar-refractivity contribution in [3.05, 3.63) is 0 Å². The van der Waals surface area contributed by atoms with Gasteiger partial charge in [0.2, 0.25) is 0 Å². The molecule has 1 aliphatic carbocycles. The molecule has 0 spiro atoms. The lowest BCUT2D eigenvalue weighted by atomic mass is 9.63. The number of ether oxygens (including phenoxy) is 1. The lowest BCUT2D eigenvalue weighted by Crippen LogP contribution is -2.63. The van der Waals surface area contributed by atoms with E-state index in [-0.39, 0.29) is 0 Å². The predicted octanol–water partition coefficient (Wildman–Crippen LogP) is 2.36. The molecule has 0 radical (unpaired) electrons. The van der Waals surface area contributed by atoms with E-state index < -0.39 is 0 Å². The van der Waals surface area contributed by atoms with Gasteiger partial charge in [0.1, 0.15) is 0 Å². The standard InChI is InChI=1S/C16H30N2O/c1-4-19-15-11-14(16(15,2)3)18-10-6-9-17-8-5-7-13(17)12-18/h13-15H,4-12H2,1-3H3. The quantitative estimate of drug-likeness (QED) is 0.780. The van der Waals surface area contributed by atoms with Crippen LogP contribution in [0.4, 0.5) is 0 Å². The molecule has 3 aliphatic rings. The second-order valence-electron chi connectivity index (χ2n) is 7.20. The molecule has 2 heterocycles. The van der Waals surface area contributed by atoms with Gasteiger partial charge in [0.05, 0.1) is 6.10 Å². The summed E-state index contributed by atoms with van der Waals surface area (Å²) in [4.78, 5) is 5.51. The van der Waals surface area contributed by atoms with E-state index >= 15 is 0 Å². The van der Waals surface area contributed by atoms with Crippen molar-refractivity contribution in [3.63, 3.8) is 0 Å². The van der Waals surface area contributed by atoms with Gasteiger partial charge in [0.25, 0.3) is 0 Å². The van der Waals surface area contributed by atoms with Crippen molar-refractivity contribution in [2.75, 3.05) is 32.8 Å². The van der Waals surface area contributed by atoms with E-state index in [1.165, 1.54) is 51.9 Å². The third kappa shape index (κ3) is 2.45. The van der Waals surface area contributed by atoms with Crippen molar-refractivity contribution in [3.8, 4) is 0 Å². The lowest BCUT2D eigenvalue weighted by Gasteiger charge is -2.56. The van der Waals surface area contributed by atoms with Gasteiger partial charge in [-0.1, -0.05) is 13.8 Å². The van der Waals surface area contributed by atoms with Crippen molar-refractivity contribution in [1.29, 1.82) is 0 Å². The van der Waals surface area contributed by atoms with Crippen molar-refractivity contribution in [2.24, 2.45) is 5.41 Å². The van der Waals surface area contributed by atoms with Gasteiger partial charge in [-0.15, -0.1) is 0 Å². The van der Waals surface area contributed by atoms with Gasteiger partial charge in [-0.05, 0) is 52.2 Å². The van der Waals surface area contributed by atoms with Crippen LogP contribution in [-0.2, 0) is 4.74 Å². The molecule has 3 heteroatoms. The fourth-order valence-corrected chi connectivity index (χ4v) is 4.49. The maximum Gasteiger partial charge on any atom is 0.0655 e. The molecule has 2 saturated heterocycles. The largest absolute Gasteiger partial charge is 0.378 e. The van der Waals surface area contributed by atoms with Gasteiger partial charge in [-0.3, -0.25) is 9.80 Å². The number of hydrogen-bond acceptors (Lipinski definition) is 3. The SMILES string of the molecule is CCOC1CC(N2CCCN3CCCC3C2)C1(C)C. The summed E-state index contributed by atoms with van der Waals surface area (Å²) in [7, 11) is 0. The zero-order valence-corrected chi connectivity index (χ0v) is 12.9. The average molecular weight is 266 g/mol. The van der Waals surface area contributed by atoms with Crippen LogP contribution in [0.15, 0.2) is 0 Å². The molecule has 0 aromatic carbocycles. The molecule has 0 aromatic heterocycles. The van der Waals surface area contributed by atoms with E-state index in [1.807, 2.05) is 0 Å². The number of nitrogens with zero attached hydrogens (tertiary/aromatic N) is 2. The Labute approximate surface area is 118 Å². The summed E-state index contributed by atoms with van der Waals surface area (Å²) >= 11 is 0. The number of rotatable bonds is 3. The second-order valence-corrected chi connectivity index (χ2v) is 7.20. The molecule has 3 unspecified atom stereocenters. The second kappa shape index (κ2) is 5.34. The monoisotopic (exact) mass is 266 g/mol. The summed E-state index contributed by atoms with van der Waals surface area (Å²) in [6, 6.07) is 1.58. The Morgan fingerprint density at radius 1 is 1.11 bits per heavy atom. The van der Waals surface area contributed by atoms with E-state index in [4.69, 9.17) is 4.74 Å². The van der Waals surface area contributed by atoms with Crippen molar-refractivity contribution in [1.82, 2.24) is 9.80 Å². The van der Waals surface area contributed by atoms with E-state index in [9.17, 15) is 0 Å². The average Bonchev–Trinajstić information content (AvgIpc) is 2.72. The molecule has 3 fully saturated rings. The van der Waals surface area contributed by atoms with Gasteiger partial charge < -0.3 is 4.74 Å². The molecule has 3 atom stereocenters. The molecule has 1 saturated carbocycles. The van der Waals surface area contributed by atoms with Crippen LogP contribution in [0.3, 0.4) is 0 Å². The van der Waals surface area contributed by atoms with Crippen molar-refractivity contribution in [2.45, 2.75) is 64.6 Å². The number of fused-ring (bicyclic) bond motifs is 1. The molecule has 3 nitrogen and oxygen atoms in total. The molecule has 0 amide bonds. The summed E-state index contributed by atoms with van der Waals surface area (Å²) in [6.45, 7) is 13.0. The Bertz CT molecular complexity index is 318. The van der Waals surface area contributed by atoms with E-state index in [2.05, 4.69) is 30.6 Å². The third-order valence-electron chi connectivity index (χ3n) is 5.77. The van der Waals surface area contributed by atoms with Crippen LogP contribution in [0.5, 0.6) is 0 Å². The molecule has 0 aromatic rings. The summed E-state index contributed by atoms with van der Waals surface area (Å²) in [5.74, 6) is 0. The van der Waals surface area contributed by atoms with Crippen molar-refractivity contribution < 1.29 is 4.74 Å². The van der Waals surface area contributed by atoms with E-state index in [1.54, 1.807) is 0 Å². The minimum Gasteiger partial charge on any atom is -0.378 e. The third-order valence-corrected chi connectivity index (χ3v) is 5.77. The Hall–Kier alpha value is -0.120. The highest BCUT2D eigenvalue weighted by Gasteiger charge is 2.52. The first kappa shape index (κ1) is 13.8. The zero-order chi connectivity index (χ0) is 13.5. The fraction of sp³-hybridized carbons (Fsp3) is 1.00. The maximum absolute atomic E-state index is 5.89. The first-order valence-electron chi connectivity index (χ1n) is 8.22. The van der Waals surface area contributed by atoms with Crippen LogP contribution >= 0.6 is 0 Å². The minimum absolute atomic E-state index is 0.337. The molecule has 110 valence electrons. The van der Waals surface area contributed by atoms with E-state index in [0.29, 0.717) is 11.5 Å². The predicted molar refractivity (Wildman–Crippen MR) is 78.4 cm³/mol. The molecule has 2 aliphatic heterocycles. The van der Waals surface area contributed by atoms with Gasteiger partial charge in [0.15, 0.2) is 0 Å². The topological polar surface area (TPSA) is 15.7 Å². The Kier molecular flexibility index (Phi) is 3.89. The minimum atomic E-state index is 0.337. The highest BCUT2D eigenvalue weighted by Crippen LogP contribution is 2.46. The molecule has 19 heavy (non-hydrogen) atoms. The van der Waals surface area contributed by atoms with Gasteiger partial charge in [-0.25, -0.2) is 0 Å². The Morgan fingerprint density at radius 3 is 2.58 bits per heavy atom. The summed E-state index contributed by atoms with van der Waals surface area (Å²) < 4.78 is 5.89. The smallest absolute Gasteiger partial charge is 0.0655 e. The summed E-state index contributed by atoms with van der Waals surface area (Å²) in [5.41, 5.74) is 0.337. The highest BCUT2D eigenvalue weighted by molar-refractivity contribution is 5.05. The molecule has 0 bridgehead atoms. The van der Waals surface area contributed by atoms with Crippen LogP contribution in [0.1, 0.15) is 46.5 Å². The van der Waals surface area contributed by atoms with Crippen LogP contribution < -0.4 is 0 Å². The summed E-state index contributed by atoms with van der Waals surface area (Å²) in [6.07, 6.45) is 5.90. The zero-order valence-electron chi connectivity index (χ0n) is 12.9. The van der Waals surface area contributed by atoms with Crippen LogP contribution in [0, 0.1) is 5.41 Å². The lowest BCUT2D eigenvalue weighted by molar-refractivity contribution is -0.150. The van der Waals surface area contributed by atoms with Crippen LogP contribution in [-0.4, -0.2) is 60.8 Å². The van der Waals surface area contributed by atoms with E-state index in [0.717, 1.165) is 18.7 Å². The molecular formula is C16H30N2O. The Balaban J connectivity index is 1.63. The van der Waals surface area contributed by atoms with Crippen molar-refractivity contribution >= 4 is 0 Å². The van der Waals surface area contributed by atoms with Gasteiger partial charge in [-0.2, -0.15) is 0 Å². The normalized spacial score (nSPS) is 39.6. The van der Waals surface area contributed by atoms with Gasteiger partial charge in [0, 0.05) is 30.7 Å². The molecule has 3 rings (SSSR count). The maximum atomic E-state index is 5.89. The highest BCUT2D eigenvalue weighted by atomic mass is 16.5. The molecular weight excluding hydrogens is 236 g/mol. The molecule has 0 N–H and O–H groups in total. The Morgan fingerprint density at radius 2 is 1.84 bits per heavy atom. The first-order chi connectivity index (χ1) is 9.13. The fourth-order valence-electron chi connectivity index (χ4n) is 4.49. The van der Waals surface area contributed by atoms with Crippen LogP contribution in [0.2, 0.25) is 0 Å². The number of hydrogen-bond donors (Lipinski definition) is 0. The first-order valence-corrected chi connectivity index (χ1v) is 8.22.